The molecule has 0 bridgehead atoms. The van der Waals surface area contributed by atoms with Gasteiger partial charge in [-0.2, -0.15) is 13.2 Å². The highest BCUT2D eigenvalue weighted by atomic mass is 19.4. The summed E-state index contributed by atoms with van der Waals surface area (Å²) in [5, 5.41) is 10.9. The van der Waals surface area contributed by atoms with E-state index in [2.05, 4.69) is 5.32 Å². The fourth-order valence-corrected chi connectivity index (χ4v) is 1.98. The van der Waals surface area contributed by atoms with Gasteiger partial charge in [0.15, 0.2) is 0 Å². The molecule has 1 unspecified atom stereocenters. The summed E-state index contributed by atoms with van der Waals surface area (Å²) in [6, 6.07) is -1.08. The van der Waals surface area contributed by atoms with Crippen molar-refractivity contribution < 1.29 is 32.6 Å². The molecular weight excluding hydrogens is 281 g/mol. The molecule has 9 heteroatoms. The predicted octanol–water partition coefficient (Wildman–Crippen LogP) is -0.335. The number of rotatable bonds is 6. The third-order valence-electron chi connectivity index (χ3n) is 2.84. The topological polar surface area (TPSA) is 78.9 Å². The average molecular weight is 298 g/mol. The average Bonchev–Trinajstić information content (AvgIpc) is 2.85. The Hall–Kier alpha value is -1.35. The molecule has 0 saturated carbocycles. The van der Waals surface area contributed by atoms with Crippen LogP contribution in [0.1, 0.15) is 12.8 Å². The van der Waals surface area contributed by atoms with E-state index >= 15 is 0 Å². The zero-order valence-electron chi connectivity index (χ0n) is 10.8. The van der Waals surface area contributed by atoms with Crippen LogP contribution in [0, 0.1) is 0 Å². The summed E-state index contributed by atoms with van der Waals surface area (Å²) in [7, 11) is 0. The maximum Gasteiger partial charge on any atom is 0.471 e. The molecule has 0 aromatic carbocycles. The quantitative estimate of drug-likeness (QED) is 0.658. The van der Waals surface area contributed by atoms with Crippen LogP contribution in [-0.2, 0) is 14.3 Å². The molecule has 1 aliphatic heterocycles. The number of amides is 2. The van der Waals surface area contributed by atoms with Gasteiger partial charge in [0.25, 0.3) is 0 Å². The molecule has 116 valence electrons. The van der Waals surface area contributed by atoms with Gasteiger partial charge in [0, 0.05) is 13.1 Å². The minimum Gasteiger partial charge on any atom is -0.394 e. The minimum atomic E-state index is -4.97. The van der Waals surface area contributed by atoms with Crippen LogP contribution in [0.15, 0.2) is 0 Å². The van der Waals surface area contributed by atoms with Gasteiger partial charge in [-0.05, 0) is 12.8 Å². The largest absolute Gasteiger partial charge is 0.471 e. The lowest BCUT2D eigenvalue weighted by Crippen LogP contribution is -2.50. The Bertz CT molecular complexity index is 349. The van der Waals surface area contributed by atoms with Crippen LogP contribution in [0.3, 0.4) is 0 Å². The summed E-state index contributed by atoms with van der Waals surface area (Å²) in [6.07, 6.45) is -4.39. The van der Waals surface area contributed by atoms with E-state index in [1.165, 1.54) is 0 Å². The van der Waals surface area contributed by atoms with E-state index in [9.17, 15) is 22.8 Å². The van der Waals surface area contributed by atoms with E-state index in [0.29, 0.717) is 11.3 Å². The molecule has 2 amide bonds. The number of carbonyl (C=O) groups is 2. The number of halogens is 3. The van der Waals surface area contributed by atoms with E-state index in [1.54, 1.807) is 0 Å². The molecule has 1 atom stereocenters. The van der Waals surface area contributed by atoms with Crippen molar-refractivity contribution >= 4 is 11.8 Å². The van der Waals surface area contributed by atoms with E-state index in [0.717, 1.165) is 0 Å². The van der Waals surface area contributed by atoms with Gasteiger partial charge in [-0.15, -0.1) is 0 Å². The van der Waals surface area contributed by atoms with Crippen LogP contribution < -0.4 is 5.32 Å². The van der Waals surface area contributed by atoms with Crippen LogP contribution in [0.2, 0.25) is 0 Å². The molecule has 0 spiro atoms. The van der Waals surface area contributed by atoms with E-state index in [1.807, 2.05) is 0 Å². The van der Waals surface area contributed by atoms with Crippen LogP contribution in [0.5, 0.6) is 0 Å². The van der Waals surface area contributed by atoms with Gasteiger partial charge in [0.2, 0.25) is 5.91 Å². The fourth-order valence-electron chi connectivity index (χ4n) is 1.98. The second-order valence-corrected chi connectivity index (χ2v) is 4.28. The Balaban J connectivity index is 2.44. The highest BCUT2D eigenvalue weighted by Crippen LogP contribution is 2.25. The molecule has 20 heavy (non-hydrogen) atoms. The first kappa shape index (κ1) is 16.7. The van der Waals surface area contributed by atoms with E-state index in [-0.39, 0.29) is 39.3 Å². The first-order chi connectivity index (χ1) is 9.38. The number of likely N-dealkylation sites (tertiary alicyclic amines) is 1. The first-order valence-electron chi connectivity index (χ1n) is 6.22. The normalized spacial score (nSPS) is 19.2. The lowest BCUT2D eigenvalue weighted by molar-refractivity contribution is -0.186. The number of aliphatic hydroxyl groups is 1. The SMILES string of the molecule is O=C(NCCOCCO)C1CCCN1C(=O)C(F)(F)F. The molecule has 1 fully saturated rings. The number of nitrogens with one attached hydrogen (secondary N) is 1. The van der Waals surface area contributed by atoms with E-state index in [4.69, 9.17) is 9.84 Å². The molecule has 6 nitrogen and oxygen atoms in total. The fraction of sp³-hybridized carbons (Fsp3) is 0.818. The highest BCUT2D eigenvalue weighted by molar-refractivity contribution is 5.90. The summed E-state index contributed by atoms with van der Waals surface area (Å²) in [6.45, 7) is 0.162. The summed E-state index contributed by atoms with van der Waals surface area (Å²) in [5.41, 5.74) is 0. The lowest BCUT2D eigenvalue weighted by Gasteiger charge is -2.24. The summed E-state index contributed by atoms with van der Waals surface area (Å²) in [5.74, 6) is -2.60. The molecular formula is C11H17F3N2O4. The molecule has 0 aromatic heterocycles. The van der Waals surface area contributed by atoms with Crippen molar-refractivity contribution in [1.82, 2.24) is 10.2 Å². The molecule has 1 rings (SSSR count). The second kappa shape index (κ2) is 7.44. The number of hydrogen-bond acceptors (Lipinski definition) is 4. The van der Waals surface area contributed by atoms with Gasteiger partial charge in [0.05, 0.1) is 19.8 Å². The van der Waals surface area contributed by atoms with Gasteiger partial charge in [-0.1, -0.05) is 0 Å². The monoisotopic (exact) mass is 298 g/mol. The third kappa shape index (κ3) is 4.64. The number of alkyl halides is 3. The summed E-state index contributed by atoms with van der Waals surface area (Å²) < 4.78 is 42.0. The number of aliphatic hydroxyl groups excluding tert-OH is 1. The van der Waals surface area contributed by atoms with Crippen molar-refractivity contribution in [1.29, 1.82) is 0 Å². The predicted molar refractivity (Wildman–Crippen MR) is 61.7 cm³/mol. The number of hydrogen-bond donors (Lipinski definition) is 2. The Morgan fingerprint density at radius 3 is 2.65 bits per heavy atom. The first-order valence-corrected chi connectivity index (χ1v) is 6.22. The zero-order chi connectivity index (χ0) is 15.2. The van der Waals surface area contributed by atoms with Gasteiger partial charge >= 0.3 is 12.1 Å². The minimum absolute atomic E-state index is 0.0720. The molecule has 1 saturated heterocycles. The Kier molecular flexibility index (Phi) is 6.21. The molecule has 2 N–H and O–H groups in total. The Morgan fingerprint density at radius 1 is 1.35 bits per heavy atom. The third-order valence-corrected chi connectivity index (χ3v) is 2.84. The van der Waals surface area contributed by atoms with Gasteiger partial charge in [-0.25, -0.2) is 0 Å². The lowest BCUT2D eigenvalue weighted by atomic mass is 10.2. The Morgan fingerprint density at radius 2 is 2.05 bits per heavy atom. The van der Waals surface area contributed by atoms with Crippen LogP contribution >= 0.6 is 0 Å². The molecule has 0 aromatic rings. The number of carbonyl (C=O) groups excluding carboxylic acids is 2. The van der Waals surface area contributed by atoms with E-state index < -0.39 is 24.0 Å². The van der Waals surface area contributed by atoms with Crippen LogP contribution in [-0.4, -0.2) is 66.9 Å². The summed E-state index contributed by atoms with van der Waals surface area (Å²) >= 11 is 0. The highest BCUT2D eigenvalue weighted by Gasteiger charge is 2.47. The van der Waals surface area contributed by atoms with Crippen molar-refractivity contribution in [3.63, 3.8) is 0 Å². The van der Waals surface area contributed by atoms with Crippen molar-refractivity contribution in [2.45, 2.75) is 25.1 Å². The maximum absolute atomic E-state index is 12.4. The smallest absolute Gasteiger partial charge is 0.394 e. The van der Waals surface area contributed by atoms with Crippen molar-refractivity contribution in [3.8, 4) is 0 Å². The van der Waals surface area contributed by atoms with Gasteiger partial charge in [-0.3, -0.25) is 9.59 Å². The standard InChI is InChI=1S/C11H17F3N2O4/c12-11(13,14)10(19)16-4-1-2-8(16)9(18)15-3-6-20-7-5-17/h8,17H,1-7H2,(H,15,18). The van der Waals surface area contributed by atoms with Crippen molar-refractivity contribution in [3.05, 3.63) is 0 Å². The van der Waals surface area contributed by atoms with Gasteiger partial charge in [0.1, 0.15) is 6.04 Å². The molecule has 0 radical (unpaired) electrons. The second-order valence-electron chi connectivity index (χ2n) is 4.28. The zero-order valence-corrected chi connectivity index (χ0v) is 10.8. The van der Waals surface area contributed by atoms with Crippen molar-refractivity contribution in [2.24, 2.45) is 0 Å². The number of nitrogens with zero attached hydrogens (tertiary/aromatic N) is 1. The van der Waals surface area contributed by atoms with Gasteiger partial charge < -0.3 is 20.1 Å². The maximum atomic E-state index is 12.4. The summed E-state index contributed by atoms with van der Waals surface area (Å²) in [4.78, 5) is 23.5. The number of ether oxygens (including phenoxy) is 1. The van der Waals surface area contributed by atoms with Crippen LogP contribution in [0.4, 0.5) is 13.2 Å². The van der Waals surface area contributed by atoms with Crippen molar-refractivity contribution in [2.75, 3.05) is 32.9 Å². The molecule has 1 heterocycles. The Labute approximate surface area is 113 Å². The molecule has 0 aliphatic carbocycles. The molecule has 1 aliphatic rings. The van der Waals surface area contributed by atoms with Crippen LogP contribution in [0.25, 0.3) is 0 Å².